The third-order valence-electron chi connectivity index (χ3n) is 24.8. The number of fused-ring (bicyclic) bond motifs is 4. The number of carbonyl (C=O) groups excluding carboxylic acids is 3. The van der Waals surface area contributed by atoms with Gasteiger partial charge in [-0.05, 0) is 246 Å². The molecule has 0 aromatic carbocycles. The van der Waals surface area contributed by atoms with Crippen molar-refractivity contribution < 1.29 is 60.9 Å². The molecule has 4 saturated heterocycles. The maximum Gasteiger partial charge on any atom is 0.410 e. The number of ether oxygens (including phenoxy) is 6. The van der Waals surface area contributed by atoms with Gasteiger partial charge < -0.3 is 86.3 Å². The highest BCUT2D eigenvalue weighted by Gasteiger charge is 2.59. The van der Waals surface area contributed by atoms with Crippen LogP contribution in [0.5, 0.6) is 24.0 Å². The molecular weight excluding hydrogens is 1580 g/mol. The Balaban J connectivity index is 0.000000147. The summed E-state index contributed by atoms with van der Waals surface area (Å²) in [6.07, 6.45) is 29.0. The van der Waals surface area contributed by atoms with E-state index in [2.05, 4.69) is 98.6 Å². The number of aromatic nitrogens is 16. The number of nitrogens with two attached hydrogens (primary N) is 2. The molecule has 6 radical (unpaired) electrons. The van der Waals surface area contributed by atoms with Gasteiger partial charge in [0.15, 0.2) is 48.7 Å². The Morgan fingerprint density at radius 2 is 0.823 bits per heavy atom. The lowest BCUT2D eigenvalue weighted by Gasteiger charge is -2.56. The van der Waals surface area contributed by atoms with E-state index in [0.29, 0.717) is 77.2 Å². The van der Waals surface area contributed by atoms with Crippen molar-refractivity contribution in [2.45, 2.75) is 303 Å². The van der Waals surface area contributed by atoms with Gasteiger partial charge in [0.05, 0.1) is 74.4 Å². The van der Waals surface area contributed by atoms with Crippen LogP contribution < -0.4 is 51.7 Å². The fraction of sp³-hybridized carbons (Fsp3) is 0.726. The summed E-state index contributed by atoms with van der Waals surface area (Å²) in [6, 6.07) is 0.824. The first kappa shape index (κ1) is 91.1. The van der Waals surface area contributed by atoms with Crippen LogP contribution in [0, 0.1) is 21.7 Å². The van der Waals surface area contributed by atoms with E-state index in [1.165, 1.54) is 14.3 Å². The molecule has 8 fully saturated rings. The summed E-state index contributed by atoms with van der Waals surface area (Å²) in [7, 11) is 13.7. The summed E-state index contributed by atoms with van der Waals surface area (Å²) >= 11 is 0. The number of Topliss-reactive ketones (excluding diaryl/α,β-unsaturated/α-hetero) is 1. The van der Waals surface area contributed by atoms with Crippen molar-refractivity contribution in [2.75, 3.05) is 87.3 Å². The highest BCUT2D eigenvalue weighted by Crippen LogP contribution is 2.61. The van der Waals surface area contributed by atoms with E-state index in [9.17, 15) is 29.7 Å². The predicted molar refractivity (Wildman–Crippen MR) is 474 cm³/mol. The Hall–Kier alpha value is -9.13. The molecule has 4 unspecified atom stereocenters. The van der Waals surface area contributed by atoms with E-state index in [-0.39, 0.29) is 113 Å². The van der Waals surface area contributed by atoms with Crippen LogP contribution in [0.1, 0.15) is 268 Å². The third-order valence-corrected chi connectivity index (χ3v) is 24.8. The van der Waals surface area contributed by atoms with Crippen LogP contribution in [-0.4, -0.2) is 252 Å². The molecule has 36 nitrogen and oxygen atoms in total. The Bertz CT molecular complexity index is 4840. The second-order valence-electron chi connectivity index (χ2n) is 37.8. The molecule has 12 heterocycles. The summed E-state index contributed by atoms with van der Waals surface area (Å²) in [5.41, 5.74) is 12.5. The molecule has 8 aromatic rings. The van der Waals surface area contributed by atoms with Gasteiger partial charge in [-0.25, -0.2) is 47.6 Å². The highest BCUT2D eigenvalue weighted by molar-refractivity contribution is 6.90. The minimum atomic E-state index is -1.13. The lowest BCUT2D eigenvalue weighted by molar-refractivity contribution is -0.157. The van der Waals surface area contributed by atoms with Crippen molar-refractivity contribution in [3.63, 3.8) is 0 Å². The van der Waals surface area contributed by atoms with E-state index >= 15 is 0 Å². The fourth-order valence-electron chi connectivity index (χ4n) is 18.8. The molecule has 16 rings (SSSR count). The number of ketones is 1. The SMILES string of the molecule is CC(C)(C)OC(=O)N1CCC2(CC1)CC(=O)C2.CCCC(C)Oc1nc(N)c2ncc(C3(O)CC4(CCNCC4)C3)n2n1.CCCC(C)Oc1nc(N)c2ncc(C3(O)CC4(CCNCC4)C3)n2n1.[2H]N(C[B][B])c1nc(OC(C)CCC)nn2c(C3(O)CC4(CCN(C(=O)OC(C)(C)C)CC4)C3)cnc12.[2H]N(C[B][B])c1nc(OC(C)CCC)nn2ccnc12. The Kier molecular flexibility index (Phi) is 28.9. The van der Waals surface area contributed by atoms with Crippen LogP contribution in [0.25, 0.3) is 22.6 Å². The number of nitrogens with one attached hydrogen (secondary N) is 4. The number of hydrogen-bond acceptors (Lipinski definition) is 30. The number of hydrogen-bond donors (Lipinski definition) is 9. The number of likely N-dealkylation sites (tertiary alicyclic amines) is 2. The molecule has 670 valence electrons. The number of aliphatic hydroxyl groups is 3. The van der Waals surface area contributed by atoms with Gasteiger partial charge in [0.1, 0.15) is 33.8 Å². The van der Waals surface area contributed by atoms with Gasteiger partial charge in [-0.3, -0.25) is 4.79 Å². The van der Waals surface area contributed by atoms with Gasteiger partial charge in [-0.1, -0.05) is 53.4 Å². The molecule has 4 aliphatic carbocycles. The van der Waals surface area contributed by atoms with Gasteiger partial charge in [-0.2, -0.15) is 19.9 Å². The summed E-state index contributed by atoms with van der Waals surface area (Å²) < 4.78 is 56.7. The van der Waals surface area contributed by atoms with E-state index < -0.39 is 28.0 Å². The van der Waals surface area contributed by atoms with Crippen LogP contribution in [0.2, 0.25) is 2.82 Å². The zero-order chi connectivity index (χ0) is 91.0. The van der Waals surface area contributed by atoms with Crippen molar-refractivity contribution >= 4 is 93.6 Å². The standard InChI is InChI=1S/C24H37B2N6O4.2C18H28N6O2.C13H21NO3.C11H16B2N5O/c1-6-7-16(2)35-20-29-18(28-15-26-25)19-27-12-17(32(19)30-20)24(34)13-23(14-24)8-10-31(11-9-23)21(33)36-22(3,4)5;2*1-3-4-12(2)26-16-22-14(19)15-21-9-13(24(15)23-16)18(25)10-17(11-18)5-7-20-8-6-17;1-12(2,3)17-11(16)14-6-4-13(5-7-14)8-10(15)9-13;1-3-4-8(2)19-11-16-9(15-7-13-12)10-14-5-6-18(10)17-11/h12,16,34H,6-11,13-15H2,1-5H3,(H,28,29,30);2*9,12,20,25H,3-8,10-11H2,1-2H3,(H2,19,22,23);4-9H2,1-3H3;5-6,8H,3-4,7H2,1-2H3,(H,15,16,17)/i/hD2. The van der Waals surface area contributed by atoms with Gasteiger partial charge in [0, 0.05) is 66.9 Å². The molecule has 11 N–H and O–H groups in total. The quantitative estimate of drug-likeness (QED) is 0.0240. The molecule has 4 spiro atoms. The van der Waals surface area contributed by atoms with Crippen LogP contribution in [0.4, 0.5) is 32.9 Å². The van der Waals surface area contributed by atoms with Crippen molar-refractivity contribution in [3.8, 4) is 24.0 Å². The Morgan fingerprint density at radius 3 is 1.17 bits per heavy atom. The van der Waals surface area contributed by atoms with E-state index in [1.54, 1.807) is 58.8 Å². The maximum absolute atomic E-state index is 12.5. The van der Waals surface area contributed by atoms with Gasteiger partial charge in [0.25, 0.3) is 0 Å². The van der Waals surface area contributed by atoms with Crippen molar-refractivity contribution in [2.24, 2.45) is 21.7 Å². The van der Waals surface area contributed by atoms with Gasteiger partial charge in [0.2, 0.25) is 0 Å². The molecule has 4 atom stereocenters. The lowest BCUT2D eigenvalue weighted by atomic mass is 9.54. The minimum Gasteiger partial charge on any atom is -0.459 e. The summed E-state index contributed by atoms with van der Waals surface area (Å²) in [5, 5.41) is 60.9. The van der Waals surface area contributed by atoms with Crippen molar-refractivity contribution in [1.82, 2.24) is 98.8 Å². The second-order valence-corrected chi connectivity index (χ2v) is 37.8. The molecule has 4 aliphatic heterocycles. The van der Waals surface area contributed by atoms with Crippen LogP contribution in [-0.2, 0) is 31.1 Å². The summed E-state index contributed by atoms with van der Waals surface area (Å²) in [5.74, 6) is 1.53. The number of piperidine rings is 4. The molecule has 2 amide bonds. The predicted octanol–water partition coefficient (Wildman–Crippen LogP) is 9.31. The molecule has 8 aromatic heterocycles. The molecule has 0 bridgehead atoms. The summed E-state index contributed by atoms with van der Waals surface area (Å²) in [4.78, 5) is 73.3. The second kappa shape index (κ2) is 39.4. The fourth-order valence-corrected chi connectivity index (χ4v) is 18.8. The number of nitrogens with zero attached hydrogens (tertiary/aromatic N) is 18. The normalized spacial score (nSPS) is 21.9. The summed E-state index contributed by atoms with van der Waals surface area (Å²) in [6.45, 7) is 34.2. The zero-order valence-electron chi connectivity index (χ0n) is 77.2. The van der Waals surface area contributed by atoms with Crippen molar-refractivity contribution in [1.29, 1.82) is 0 Å². The van der Waals surface area contributed by atoms with Gasteiger partial charge >= 0.3 is 36.2 Å². The first-order chi connectivity index (χ1) is 59.7. The third kappa shape index (κ3) is 22.6. The lowest BCUT2D eigenvalue weighted by Crippen LogP contribution is -2.56. The number of carbonyl (C=O) groups is 3. The molecule has 8 aliphatic rings. The minimum absolute atomic E-state index is 0.00798. The molecular formula is C84H130B4N24O12. The Labute approximate surface area is 734 Å². The number of imidazole rings is 4. The number of anilines is 4. The van der Waals surface area contributed by atoms with Gasteiger partial charge in [-0.15, -0.1) is 20.4 Å². The maximum atomic E-state index is 12.5. The monoisotopic (exact) mass is 1710 g/mol. The largest absolute Gasteiger partial charge is 0.459 e. The molecule has 4 saturated carbocycles. The van der Waals surface area contributed by atoms with E-state index in [0.717, 1.165) is 191 Å². The molecule has 40 heteroatoms. The zero-order valence-corrected chi connectivity index (χ0v) is 75.2. The van der Waals surface area contributed by atoms with Crippen molar-refractivity contribution in [3.05, 3.63) is 48.1 Å². The first-order valence-electron chi connectivity index (χ1n) is 45.5. The Morgan fingerprint density at radius 1 is 0.500 bits per heavy atom. The van der Waals surface area contributed by atoms with Crippen LogP contribution in [0.15, 0.2) is 31.0 Å². The number of nitrogen functional groups attached to an aromatic ring is 2. The van der Waals surface area contributed by atoms with Crippen LogP contribution >= 0.6 is 0 Å². The van der Waals surface area contributed by atoms with Crippen LogP contribution in [0.3, 0.4) is 0 Å². The first-order valence-corrected chi connectivity index (χ1v) is 44.6. The average molecular weight is 1710 g/mol. The number of amides is 2. The van der Waals surface area contributed by atoms with E-state index in [4.69, 9.17) is 58.2 Å². The smallest absolute Gasteiger partial charge is 0.410 e. The highest BCUT2D eigenvalue weighted by atomic mass is 16.6. The average Bonchev–Trinajstić information content (AvgIpc) is 1.42. The topological polar surface area (TPSA) is 446 Å². The number of rotatable bonds is 25. The van der Waals surface area contributed by atoms with E-state index in [1.807, 2.05) is 69.2 Å². The molecule has 124 heavy (non-hydrogen) atoms.